The van der Waals surface area contributed by atoms with Crippen molar-refractivity contribution in [1.82, 2.24) is 15.3 Å². The molecule has 1 atom stereocenters. The monoisotopic (exact) mass is 420 g/mol. The summed E-state index contributed by atoms with van der Waals surface area (Å²) in [5.74, 6) is 1.33. The van der Waals surface area contributed by atoms with Gasteiger partial charge in [0.25, 0.3) is 0 Å². The largest absolute Gasteiger partial charge is 0.356 e. The summed E-state index contributed by atoms with van der Waals surface area (Å²) in [5, 5.41) is 4.54. The average molecular weight is 421 g/mol. The smallest absolute Gasteiger partial charge is 0.223 e. The van der Waals surface area contributed by atoms with Crippen LogP contribution < -0.4 is 10.2 Å². The first kappa shape index (κ1) is 19.5. The molecule has 1 aliphatic carbocycles. The van der Waals surface area contributed by atoms with Crippen LogP contribution >= 0.6 is 11.3 Å². The van der Waals surface area contributed by atoms with Crippen molar-refractivity contribution in [2.45, 2.75) is 52.0 Å². The lowest BCUT2D eigenvalue weighted by Gasteiger charge is -2.34. The number of nitrogens with one attached hydrogen (secondary N) is 1. The molecule has 30 heavy (non-hydrogen) atoms. The Morgan fingerprint density at radius 3 is 2.77 bits per heavy atom. The molecule has 6 heteroatoms. The summed E-state index contributed by atoms with van der Waals surface area (Å²) in [6, 6.07) is 8.72. The van der Waals surface area contributed by atoms with Gasteiger partial charge in [0.1, 0.15) is 17.0 Å². The number of rotatable bonds is 3. The molecule has 156 valence electrons. The average Bonchev–Trinajstić information content (AvgIpc) is 3.08. The minimum absolute atomic E-state index is 0.0815. The number of benzene rings is 1. The van der Waals surface area contributed by atoms with Gasteiger partial charge in [-0.25, -0.2) is 9.97 Å². The number of piperidine rings is 1. The fraction of sp³-hybridized carbons (Fsp3) is 0.458. The number of hydrogen-bond acceptors (Lipinski definition) is 5. The second kappa shape index (κ2) is 7.99. The fourth-order valence-corrected chi connectivity index (χ4v) is 5.94. The van der Waals surface area contributed by atoms with Crippen LogP contribution in [0.25, 0.3) is 10.2 Å². The fourth-order valence-electron chi connectivity index (χ4n) is 4.95. The predicted octanol–water partition coefficient (Wildman–Crippen LogP) is 4.72. The van der Waals surface area contributed by atoms with Gasteiger partial charge in [0.05, 0.1) is 11.4 Å². The van der Waals surface area contributed by atoms with Gasteiger partial charge < -0.3 is 10.2 Å². The van der Waals surface area contributed by atoms with E-state index in [0.717, 1.165) is 55.8 Å². The van der Waals surface area contributed by atoms with E-state index in [-0.39, 0.29) is 17.9 Å². The molecule has 3 heterocycles. The van der Waals surface area contributed by atoms with E-state index in [9.17, 15) is 4.79 Å². The van der Waals surface area contributed by atoms with E-state index in [2.05, 4.69) is 58.3 Å². The van der Waals surface area contributed by atoms with Crippen molar-refractivity contribution >= 4 is 33.3 Å². The molecule has 0 spiro atoms. The van der Waals surface area contributed by atoms with E-state index in [1.54, 1.807) is 17.7 Å². The third kappa shape index (κ3) is 3.47. The van der Waals surface area contributed by atoms with Crippen LogP contribution in [0.1, 0.15) is 53.3 Å². The maximum Gasteiger partial charge on any atom is 0.223 e. The van der Waals surface area contributed by atoms with Gasteiger partial charge in [-0.3, -0.25) is 4.79 Å². The van der Waals surface area contributed by atoms with E-state index < -0.39 is 0 Å². The molecule has 1 aliphatic heterocycles. The van der Waals surface area contributed by atoms with Gasteiger partial charge in [-0.1, -0.05) is 24.3 Å². The molecule has 1 fully saturated rings. The highest BCUT2D eigenvalue weighted by Gasteiger charge is 2.30. The minimum Gasteiger partial charge on any atom is -0.356 e. The topological polar surface area (TPSA) is 58.1 Å². The number of hydrogen-bond donors (Lipinski definition) is 1. The summed E-state index contributed by atoms with van der Waals surface area (Å²) >= 11 is 1.73. The Morgan fingerprint density at radius 1 is 1.13 bits per heavy atom. The highest BCUT2D eigenvalue weighted by Crippen LogP contribution is 2.36. The number of fused-ring (bicyclic) bond motifs is 2. The minimum atomic E-state index is 0.0815. The molecule has 0 unspecified atom stereocenters. The Kier molecular flexibility index (Phi) is 5.19. The zero-order valence-corrected chi connectivity index (χ0v) is 18.5. The third-order valence-corrected chi connectivity index (χ3v) is 7.91. The number of carbonyl (C=O) groups excluding carboxylic acids is 1. The highest BCUT2D eigenvalue weighted by molar-refractivity contribution is 7.18. The van der Waals surface area contributed by atoms with Crippen LogP contribution in [0.3, 0.4) is 0 Å². The van der Waals surface area contributed by atoms with Crippen LogP contribution in [0.5, 0.6) is 0 Å². The van der Waals surface area contributed by atoms with Gasteiger partial charge in [-0.15, -0.1) is 11.3 Å². The molecule has 1 N–H and O–H groups in total. The molecule has 5 rings (SSSR count). The molecule has 5 nitrogen and oxygen atoms in total. The van der Waals surface area contributed by atoms with Crippen LogP contribution in [-0.4, -0.2) is 29.0 Å². The van der Waals surface area contributed by atoms with Gasteiger partial charge in [0.15, 0.2) is 0 Å². The van der Waals surface area contributed by atoms with Crippen LogP contribution in [0.2, 0.25) is 0 Å². The molecule has 3 aromatic rings. The Morgan fingerprint density at radius 2 is 1.93 bits per heavy atom. The van der Waals surface area contributed by atoms with Crippen LogP contribution in [0.15, 0.2) is 30.6 Å². The third-order valence-electron chi connectivity index (χ3n) is 6.80. The van der Waals surface area contributed by atoms with Crippen molar-refractivity contribution in [2.24, 2.45) is 5.92 Å². The molecule has 0 bridgehead atoms. The molecule has 2 aliphatic rings. The van der Waals surface area contributed by atoms with Crippen molar-refractivity contribution in [1.29, 1.82) is 0 Å². The maximum atomic E-state index is 13.0. The second-order valence-electron chi connectivity index (χ2n) is 8.57. The van der Waals surface area contributed by atoms with E-state index in [4.69, 9.17) is 0 Å². The van der Waals surface area contributed by atoms with Crippen molar-refractivity contribution < 1.29 is 4.79 Å². The summed E-state index contributed by atoms with van der Waals surface area (Å²) in [5.41, 5.74) is 3.97. The van der Waals surface area contributed by atoms with Crippen LogP contribution in [0.4, 0.5) is 5.82 Å². The van der Waals surface area contributed by atoms with E-state index >= 15 is 0 Å². The molecule has 1 amide bonds. The Bertz CT molecular complexity index is 1080. The van der Waals surface area contributed by atoms with Gasteiger partial charge in [0, 0.05) is 23.9 Å². The normalized spacial score (nSPS) is 19.7. The first-order valence-corrected chi connectivity index (χ1v) is 11.8. The zero-order valence-electron chi connectivity index (χ0n) is 17.6. The summed E-state index contributed by atoms with van der Waals surface area (Å²) in [7, 11) is 0. The Hall–Kier alpha value is -2.47. The van der Waals surface area contributed by atoms with Gasteiger partial charge in [0.2, 0.25) is 5.91 Å². The number of aryl methyl sites for hydroxylation is 3. The summed E-state index contributed by atoms with van der Waals surface area (Å²) in [6.07, 6.45) is 6.71. The van der Waals surface area contributed by atoms with Gasteiger partial charge in [-0.05, 0) is 62.6 Å². The number of amides is 1. The second-order valence-corrected chi connectivity index (χ2v) is 9.78. The quantitative estimate of drug-likeness (QED) is 0.666. The molecular weight excluding hydrogens is 392 g/mol. The lowest BCUT2D eigenvalue weighted by atomic mass is 9.87. The van der Waals surface area contributed by atoms with E-state index in [1.165, 1.54) is 27.0 Å². The Labute approximate surface area is 181 Å². The predicted molar refractivity (Wildman–Crippen MR) is 122 cm³/mol. The number of thiophene rings is 1. The van der Waals surface area contributed by atoms with Crippen LogP contribution in [-0.2, 0) is 11.2 Å². The van der Waals surface area contributed by atoms with Crippen molar-refractivity contribution in [3.05, 3.63) is 52.2 Å². The molecule has 0 saturated carbocycles. The maximum absolute atomic E-state index is 13.0. The number of aromatic nitrogens is 2. The van der Waals surface area contributed by atoms with Crippen LogP contribution in [0, 0.1) is 19.8 Å². The number of anilines is 1. The zero-order chi connectivity index (χ0) is 20.7. The molecule has 1 aromatic carbocycles. The van der Waals surface area contributed by atoms with Gasteiger partial charge >= 0.3 is 0 Å². The lowest BCUT2D eigenvalue weighted by Crippen LogP contribution is -2.42. The molecule has 2 aromatic heterocycles. The standard InChI is InChI=1S/C24H28N4OS/c1-15-16(2)30-24-21(15)22(25-14-26-24)28-12-10-18(11-13-28)23(29)27-20-9-5-7-17-6-3-4-8-19(17)20/h3-4,6,8,14,18,20H,5,7,9-13H2,1-2H3,(H,27,29)/t20-/m0/s1. The molecule has 1 saturated heterocycles. The SMILES string of the molecule is Cc1sc2ncnc(N3CCC(C(=O)N[C@H]4CCCc5ccccc54)CC3)c2c1C. The lowest BCUT2D eigenvalue weighted by molar-refractivity contribution is -0.126. The number of nitrogens with zero attached hydrogens (tertiary/aromatic N) is 3. The van der Waals surface area contributed by atoms with E-state index in [1.807, 2.05) is 0 Å². The Balaban J connectivity index is 1.26. The van der Waals surface area contributed by atoms with Crippen molar-refractivity contribution in [2.75, 3.05) is 18.0 Å². The summed E-state index contributed by atoms with van der Waals surface area (Å²) in [4.78, 5) is 26.8. The summed E-state index contributed by atoms with van der Waals surface area (Å²) in [6.45, 7) is 6.02. The molecule has 0 radical (unpaired) electrons. The van der Waals surface area contributed by atoms with Gasteiger partial charge in [-0.2, -0.15) is 0 Å². The van der Waals surface area contributed by atoms with E-state index in [0.29, 0.717) is 0 Å². The molecular formula is C24H28N4OS. The summed E-state index contributed by atoms with van der Waals surface area (Å²) < 4.78 is 0. The number of carbonyl (C=O) groups is 1. The van der Waals surface area contributed by atoms with Crippen molar-refractivity contribution in [3.8, 4) is 0 Å². The first-order valence-electron chi connectivity index (χ1n) is 11.0. The first-order chi connectivity index (χ1) is 14.6. The van der Waals surface area contributed by atoms with Crippen molar-refractivity contribution in [3.63, 3.8) is 0 Å². The highest BCUT2D eigenvalue weighted by atomic mass is 32.1.